The Morgan fingerprint density at radius 1 is 1.13 bits per heavy atom. The molecule has 2 aromatic rings. The predicted octanol–water partition coefficient (Wildman–Crippen LogP) is 2.64. The van der Waals surface area contributed by atoms with Gasteiger partial charge in [0.2, 0.25) is 11.8 Å². The lowest BCUT2D eigenvalue weighted by Crippen LogP contribution is -2.48. The van der Waals surface area contributed by atoms with E-state index in [1.807, 2.05) is 47.7 Å². The SMILES string of the molecule is CC(C)CC(=O)Nc1ccnn1C1CCN(C(=O)C2CC(c3ccccc3)NN2)CC1. The van der Waals surface area contributed by atoms with Crippen molar-refractivity contribution in [2.75, 3.05) is 18.4 Å². The van der Waals surface area contributed by atoms with E-state index in [1.165, 1.54) is 5.56 Å². The number of amides is 2. The van der Waals surface area contributed by atoms with E-state index in [1.54, 1.807) is 6.20 Å². The second kappa shape index (κ2) is 9.62. The molecule has 2 amide bonds. The summed E-state index contributed by atoms with van der Waals surface area (Å²) in [7, 11) is 0. The molecule has 0 spiro atoms. The van der Waals surface area contributed by atoms with Crippen LogP contribution in [0.25, 0.3) is 0 Å². The van der Waals surface area contributed by atoms with Crippen LogP contribution < -0.4 is 16.2 Å². The Morgan fingerprint density at radius 3 is 2.58 bits per heavy atom. The van der Waals surface area contributed by atoms with Crippen molar-refractivity contribution in [3.63, 3.8) is 0 Å². The zero-order valence-corrected chi connectivity index (χ0v) is 18.3. The quantitative estimate of drug-likeness (QED) is 0.663. The summed E-state index contributed by atoms with van der Waals surface area (Å²) in [5.74, 6) is 1.21. The molecule has 8 nitrogen and oxygen atoms in total. The van der Waals surface area contributed by atoms with Crippen molar-refractivity contribution in [2.24, 2.45) is 5.92 Å². The third kappa shape index (κ3) is 5.14. The fourth-order valence-corrected chi connectivity index (χ4v) is 4.44. The highest BCUT2D eigenvalue weighted by Gasteiger charge is 2.34. The number of nitrogens with zero attached hydrogens (tertiary/aromatic N) is 3. The van der Waals surface area contributed by atoms with Gasteiger partial charge in [-0.25, -0.2) is 15.5 Å². The minimum absolute atomic E-state index is 0.0112. The van der Waals surface area contributed by atoms with Crippen LogP contribution in [0, 0.1) is 5.92 Å². The lowest BCUT2D eigenvalue weighted by molar-refractivity contribution is -0.134. The maximum atomic E-state index is 13.0. The van der Waals surface area contributed by atoms with E-state index >= 15 is 0 Å². The number of anilines is 1. The van der Waals surface area contributed by atoms with Gasteiger partial charge in [-0.15, -0.1) is 0 Å². The molecule has 4 rings (SSSR count). The third-order valence-electron chi connectivity index (χ3n) is 6.06. The van der Waals surface area contributed by atoms with Gasteiger partial charge in [0.25, 0.3) is 0 Å². The summed E-state index contributed by atoms with van der Waals surface area (Å²) in [6.45, 7) is 5.44. The molecule has 1 aromatic carbocycles. The van der Waals surface area contributed by atoms with Crippen LogP contribution in [0.2, 0.25) is 0 Å². The minimum atomic E-state index is -0.211. The summed E-state index contributed by atoms with van der Waals surface area (Å²) in [6, 6.07) is 12.2. The van der Waals surface area contributed by atoms with E-state index < -0.39 is 0 Å². The van der Waals surface area contributed by atoms with E-state index in [-0.39, 0.29) is 29.9 Å². The molecule has 0 aliphatic carbocycles. The van der Waals surface area contributed by atoms with Gasteiger partial charge < -0.3 is 10.2 Å². The number of rotatable bonds is 6. The lowest BCUT2D eigenvalue weighted by Gasteiger charge is -2.34. The zero-order valence-electron chi connectivity index (χ0n) is 18.3. The van der Waals surface area contributed by atoms with Gasteiger partial charge >= 0.3 is 0 Å². The van der Waals surface area contributed by atoms with Crippen LogP contribution in [0.15, 0.2) is 42.6 Å². The summed E-state index contributed by atoms with van der Waals surface area (Å²) < 4.78 is 1.90. The normalized spacial score (nSPS) is 22.1. The maximum Gasteiger partial charge on any atom is 0.241 e. The summed E-state index contributed by atoms with van der Waals surface area (Å²) >= 11 is 0. The Labute approximate surface area is 183 Å². The Balaban J connectivity index is 1.30. The first-order chi connectivity index (χ1) is 15.0. The molecule has 2 aliphatic heterocycles. The number of aromatic nitrogens is 2. The standard InChI is InChI=1S/C23H32N6O2/c1-16(2)14-22(30)25-21-8-11-24-29(21)18-9-12-28(13-10-18)23(31)20-15-19(26-27-20)17-6-4-3-5-7-17/h3-8,11,16,18-20,26-27H,9-10,12-15H2,1-2H3,(H,25,30). The Hall–Kier alpha value is -2.71. The number of carbonyl (C=O) groups excluding carboxylic acids is 2. The fraction of sp³-hybridized carbons (Fsp3) is 0.522. The topological polar surface area (TPSA) is 91.3 Å². The highest BCUT2D eigenvalue weighted by atomic mass is 16.2. The van der Waals surface area contributed by atoms with Crippen molar-refractivity contribution in [3.8, 4) is 0 Å². The van der Waals surface area contributed by atoms with Crippen molar-refractivity contribution in [1.82, 2.24) is 25.5 Å². The number of piperidine rings is 1. The van der Waals surface area contributed by atoms with E-state index in [9.17, 15) is 9.59 Å². The molecule has 3 N–H and O–H groups in total. The first-order valence-corrected chi connectivity index (χ1v) is 11.2. The second-order valence-electron chi connectivity index (χ2n) is 8.90. The zero-order chi connectivity index (χ0) is 21.8. The van der Waals surface area contributed by atoms with Gasteiger partial charge in [0.05, 0.1) is 12.2 Å². The van der Waals surface area contributed by atoms with Crippen LogP contribution in [0.1, 0.15) is 57.2 Å². The van der Waals surface area contributed by atoms with Gasteiger partial charge in [-0.1, -0.05) is 44.2 Å². The van der Waals surface area contributed by atoms with Crippen LogP contribution in [-0.4, -0.2) is 45.6 Å². The molecule has 1 aromatic heterocycles. The molecule has 0 bridgehead atoms. The van der Waals surface area contributed by atoms with Gasteiger partial charge in [-0.2, -0.15) is 5.10 Å². The number of likely N-dealkylation sites (tertiary alicyclic amines) is 1. The fourth-order valence-electron chi connectivity index (χ4n) is 4.44. The molecule has 0 saturated carbocycles. The van der Waals surface area contributed by atoms with Gasteiger partial charge in [0.15, 0.2) is 0 Å². The van der Waals surface area contributed by atoms with Crippen molar-refractivity contribution < 1.29 is 9.59 Å². The molecule has 0 radical (unpaired) electrons. The predicted molar refractivity (Wildman–Crippen MR) is 119 cm³/mol. The van der Waals surface area contributed by atoms with Crippen LogP contribution in [0.3, 0.4) is 0 Å². The van der Waals surface area contributed by atoms with Gasteiger partial charge in [0.1, 0.15) is 11.9 Å². The largest absolute Gasteiger partial charge is 0.341 e. The van der Waals surface area contributed by atoms with E-state index in [2.05, 4.69) is 33.4 Å². The Kier molecular flexibility index (Phi) is 6.67. The number of benzene rings is 1. The molecule has 2 fully saturated rings. The first-order valence-electron chi connectivity index (χ1n) is 11.2. The number of hydrogen-bond acceptors (Lipinski definition) is 5. The smallest absolute Gasteiger partial charge is 0.241 e. The van der Waals surface area contributed by atoms with Crippen LogP contribution in [0.4, 0.5) is 5.82 Å². The molecule has 166 valence electrons. The number of nitrogens with one attached hydrogen (secondary N) is 3. The molecular formula is C23H32N6O2. The van der Waals surface area contributed by atoms with E-state index in [4.69, 9.17) is 0 Å². The average molecular weight is 425 g/mol. The van der Waals surface area contributed by atoms with Crippen LogP contribution in [0.5, 0.6) is 0 Å². The number of carbonyl (C=O) groups is 2. The number of hydrazine groups is 1. The van der Waals surface area contributed by atoms with Crippen molar-refractivity contribution >= 4 is 17.6 Å². The summed E-state index contributed by atoms with van der Waals surface area (Å²) in [5, 5.41) is 7.42. The van der Waals surface area contributed by atoms with Crippen molar-refractivity contribution in [2.45, 2.75) is 57.7 Å². The van der Waals surface area contributed by atoms with E-state index in [0.29, 0.717) is 25.4 Å². The Bertz CT molecular complexity index is 888. The monoisotopic (exact) mass is 424 g/mol. The minimum Gasteiger partial charge on any atom is -0.341 e. The van der Waals surface area contributed by atoms with Crippen molar-refractivity contribution in [3.05, 3.63) is 48.2 Å². The van der Waals surface area contributed by atoms with Gasteiger partial charge in [-0.3, -0.25) is 9.59 Å². The summed E-state index contributed by atoms with van der Waals surface area (Å²) in [6.07, 6.45) is 4.60. The maximum absolute atomic E-state index is 13.0. The molecular weight excluding hydrogens is 392 g/mol. The average Bonchev–Trinajstić information content (AvgIpc) is 3.43. The molecule has 8 heteroatoms. The molecule has 31 heavy (non-hydrogen) atoms. The van der Waals surface area contributed by atoms with Gasteiger partial charge in [-0.05, 0) is 30.7 Å². The van der Waals surface area contributed by atoms with E-state index in [0.717, 1.165) is 25.1 Å². The summed E-state index contributed by atoms with van der Waals surface area (Å²) in [4.78, 5) is 27.1. The lowest BCUT2D eigenvalue weighted by atomic mass is 10.00. The second-order valence-corrected chi connectivity index (χ2v) is 8.90. The van der Waals surface area contributed by atoms with Crippen LogP contribution in [-0.2, 0) is 9.59 Å². The Morgan fingerprint density at radius 2 is 1.87 bits per heavy atom. The van der Waals surface area contributed by atoms with Crippen molar-refractivity contribution in [1.29, 1.82) is 0 Å². The third-order valence-corrected chi connectivity index (χ3v) is 6.06. The van der Waals surface area contributed by atoms with Gasteiger partial charge in [0, 0.05) is 31.6 Å². The molecule has 2 atom stereocenters. The van der Waals surface area contributed by atoms with Crippen LogP contribution >= 0.6 is 0 Å². The first kappa shape index (κ1) is 21.5. The summed E-state index contributed by atoms with van der Waals surface area (Å²) in [5.41, 5.74) is 7.63. The molecule has 3 heterocycles. The molecule has 2 saturated heterocycles. The molecule has 2 aliphatic rings. The highest BCUT2D eigenvalue weighted by molar-refractivity contribution is 5.90. The molecule has 2 unspecified atom stereocenters. The highest BCUT2D eigenvalue weighted by Crippen LogP contribution is 2.28. The number of hydrogen-bond donors (Lipinski definition) is 3.